The van der Waals surface area contributed by atoms with Gasteiger partial charge in [0, 0.05) is 17.9 Å². The van der Waals surface area contributed by atoms with Gasteiger partial charge in [0.25, 0.3) is 0 Å². The molecule has 0 saturated heterocycles. The van der Waals surface area contributed by atoms with Gasteiger partial charge in [-0.2, -0.15) is 0 Å². The Balaban J connectivity index is 1.39. The summed E-state index contributed by atoms with van der Waals surface area (Å²) in [7, 11) is 0. The van der Waals surface area contributed by atoms with Crippen LogP contribution >= 0.6 is 0 Å². The van der Waals surface area contributed by atoms with Crippen molar-refractivity contribution in [2.24, 2.45) is 4.99 Å². The van der Waals surface area contributed by atoms with Crippen molar-refractivity contribution in [2.45, 2.75) is 20.1 Å². The van der Waals surface area contributed by atoms with Gasteiger partial charge in [0.05, 0.1) is 12.0 Å². The molecule has 1 aliphatic heterocycles. The quantitative estimate of drug-likeness (QED) is 0.679. The molecule has 0 bridgehead atoms. The zero-order chi connectivity index (χ0) is 17.8. The van der Waals surface area contributed by atoms with E-state index < -0.39 is 0 Å². The van der Waals surface area contributed by atoms with Crippen LogP contribution in [0, 0.1) is 6.92 Å². The molecule has 130 valence electrons. The lowest BCUT2D eigenvalue weighted by Gasteiger charge is -2.14. The highest BCUT2D eigenvalue weighted by molar-refractivity contribution is 5.71. The van der Waals surface area contributed by atoms with Gasteiger partial charge in [0.15, 0.2) is 0 Å². The number of anilines is 2. The van der Waals surface area contributed by atoms with E-state index >= 15 is 0 Å². The van der Waals surface area contributed by atoms with Gasteiger partial charge in [-0.15, -0.1) is 0 Å². The Morgan fingerprint density at radius 1 is 1.00 bits per heavy atom. The van der Waals surface area contributed by atoms with Gasteiger partial charge in [-0.1, -0.05) is 35.9 Å². The Bertz CT molecular complexity index is 932. The zero-order valence-electron chi connectivity index (χ0n) is 14.7. The fourth-order valence-electron chi connectivity index (χ4n) is 2.95. The number of nitrogens with one attached hydrogen (secondary N) is 2. The summed E-state index contributed by atoms with van der Waals surface area (Å²) < 4.78 is 5.87. The molecule has 0 atom stereocenters. The number of aliphatic imine (C=N–C) groups is 1. The smallest absolute Gasteiger partial charge is 0.119 e. The summed E-state index contributed by atoms with van der Waals surface area (Å²) in [6, 6.07) is 22.6. The molecular weight excluding hydrogens is 322 g/mol. The standard InChI is InChI=1S/C22H21N3O/c1-16-3-2-4-17(11-16)14-26-21-9-7-19(8-10-21)25-20-6-5-18-13-23-15-24-22(18)12-20/h2-12,15,25H,13-14H2,1H3,(H,23,24). The normalized spacial score (nSPS) is 12.2. The Labute approximate surface area is 153 Å². The first-order valence-corrected chi connectivity index (χ1v) is 8.70. The molecule has 1 heterocycles. The fourth-order valence-corrected chi connectivity index (χ4v) is 2.95. The average molecular weight is 343 g/mol. The minimum absolute atomic E-state index is 0.575. The van der Waals surface area contributed by atoms with Crippen molar-refractivity contribution in [1.29, 1.82) is 0 Å². The molecule has 4 heteroatoms. The van der Waals surface area contributed by atoms with Gasteiger partial charge in [-0.25, -0.2) is 4.99 Å². The van der Waals surface area contributed by atoms with Crippen molar-refractivity contribution in [3.8, 4) is 5.75 Å². The highest BCUT2D eigenvalue weighted by atomic mass is 16.5. The number of hydrogen-bond donors (Lipinski definition) is 2. The number of hydrogen-bond acceptors (Lipinski definition) is 4. The maximum atomic E-state index is 5.87. The van der Waals surface area contributed by atoms with E-state index in [-0.39, 0.29) is 0 Å². The first-order chi connectivity index (χ1) is 12.8. The largest absolute Gasteiger partial charge is 0.489 e. The molecule has 26 heavy (non-hydrogen) atoms. The van der Waals surface area contributed by atoms with E-state index in [9.17, 15) is 0 Å². The van der Waals surface area contributed by atoms with E-state index in [0.29, 0.717) is 6.61 Å². The summed E-state index contributed by atoms with van der Waals surface area (Å²) in [6.07, 6.45) is 1.74. The summed E-state index contributed by atoms with van der Waals surface area (Å²) in [6.45, 7) is 3.49. The van der Waals surface area contributed by atoms with Gasteiger partial charge in [-0.05, 0) is 54.4 Å². The fraction of sp³-hybridized carbons (Fsp3) is 0.136. The van der Waals surface area contributed by atoms with E-state index in [4.69, 9.17) is 4.74 Å². The van der Waals surface area contributed by atoms with E-state index in [0.717, 1.165) is 29.4 Å². The molecule has 0 unspecified atom stereocenters. The SMILES string of the molecule is Cc1cccc(COc2ccc(Nc3ccc4c(c3)N=CNC4)cc2)c1. The summed E-state index contributed by atoms with van der Waals surface area (Å²) in [5, 5.41) is 6.53. The van der Waals surface area contributed by atoms with Crippen LogP contribution in [-0.2, 0) is 13.2 Å². The molecule has 0 aromatic heterocycles. The van der Waals surface area contributed by atoms with E-state index in [1.54, 1.807) is 6.34 Å². The molecule has 4 rings (SSSR count). The molecular formula is C22H21N3O. The first-order valence-electron chi connectivity index (χ1n) is 8.70. The van der Waals surface area contributed by atoms with Gasteiger partial charge < -0.3 is 15.4 Å². The lowest BCUT2D eigenvalue weighted by Crippen LogP contribution is -2.13. The number of rotatable bonds is 5. The zero-order valence-corrected chi connectivity index (χ0v) is 14.7. The number of benzene rings is 3. The van der Waals surface area contributed by atoms with Gasteiger partial charge in [-0.3, -0.25) is 0 Å². The van der Waals surface area contributed by atoms with Crippen LogP contribution in [0.1, 0.15) is 16.7 Å². The monoisotopic (exact) mass is 343 g/mol. The van der Waals surface area contributed by atoms with Crippen LogP contribution in [0.4, 0.5) is 17.1 Å². The second kappa shape index (κ2) is 7.31. The molecule has 0 aliphatic carbocycles. The van der Waals surface area contributed by atoms with Crippen LogP contribution in [0.15, 0.2) is 71.7 Å². The second-order valence-electron chi connectivity index (χ2n) is 6.41. The lowest BCUT2D eigenvalue weighted by molar-refractivity contribution is 0.306. The molecule has 1 aliphatic rings. The van der Waals surface area contributed by atoms with Crippen molar-refractivity contribution < 1.29 is 4.74 Å². The summed E-state index contributed by atoms with van der Waals surface area (Å²) in [4.78, 5) is 4.37. The molecule has 3 aromatic rings. The molecule has 0 saturated carbocycles. The summed E-state index contributed by atoms with van der Waals surface area (Å²) >= 11 is 0. The number of aryl methyl sites for hydroxylation is 1. The predicted molar refractivity (Wildman–Crippen MR) is 107 cm³/mol. The van der Waals surface area contributed by atoms with Gasteiger partial charge in [0.2, 0.25) is 0 Å². The van der Waals surface area contributed by atoms with Crippen LogP contribution in [-0.4, -0.2) is 6.34 Å². The molecule has 3 aromatic carbocycles. The molecule has 0 fully saturated rings. The van der Waals surface area contributed by atoms with E-state index in [2.05, 4.69) is 65.0 Å². The van der Waals surface area contributed by atoms with E-state index in [1.165, 1.54) is 16.7 Å². The Morgan fingerprint density at radius 2 is 1.85 bits per heavy atom. The predicted octanol–water partition coefficient (Wildman–Crippen LogP) is 5.08. The average Bonchev–Trinajstić information content (AvgIpc) is 2.67. The van der Waals surface area contributed by atoms with Crippen LogP contribution in [0.3, 0.4) is 0 Å². The van der Waals surface area contributed by atoms with Crippen LogP contribution in [0.2, 0.25) is 0 Å². The van der Waals surface area contributed by atoms with Gasteiger partial charge in [0.1, 0.15) is 12.4 Å². The number of nitrogens with zero attached hydrogens (tertiary/aromatic N) is 1. The van der Waals surface area contributed by atoms with Crippen molar-refractivity contribution in [3.05, 3.63) is 83.4 Å². The lowest BCUT2D eigenvalue weighted by atomic mass is 10.1. The van der Waals surface area contributed by atoms with Crippen molar-refractivity contribution in [3.63, 3.8) is 0 Å². The maximum absolute atomic E-state index is 5.87. The third-order valence-corrected chi connectivity index (χ3v) is 4.30. The number of fused-ring (bicyclic) bond motifs is 1. The second-order valence-corrected chi connectivity index (χ2v) is 6.41. The van der Waals surface area contributed by atoms with Gasteiger partial charge >= 0.3 is 0 Å². The van der Waals surface area contributed by atoms with Crippen LogP contribution < -0.4 is 15.4 Å². The minimum Gasteiger partial charge on any atom is -0.489 e. The highest BCUT2D eigenvalue weighted by Crippen LogP contribution is 2.28. The summed E-state index contributed by atoms with van der Waals surface area (Å²) in [5.74, 6) is 0.859. The van der Waals surface area contributed by atoms with Crippen molar-refractivity contribution in [1.82, 2.24) is 5.32 Å². The molecule has 0 radical (unpaired) electrons. The maximum Gasteiger partial charge on any atom is 0.119 e. The van der Waals surface area contributed by atoms with Crippen molar-refractivity contribution in [2.75, 3.05) is 5.32 Å². The third-order valence-electron chi connectivity index (χ3n) is 4.30. The van der Waals surface area contributed by atoms with E-state index in [1.807, 2.05) is 24.3 Å². The first kappa shape index (κ1) is 16.2. The Hall–Kier alpha value is -3.27. The number of ether oxygens (including phenoxy) is 1. The topological polar surface area (TPSA) is 45.6 Å². The van der Waals surface area contributed by atoms with Crippen LogP contribution in [0.5, 0.6) is 5.75 Å². The molecule has 4 nitrogen and oxygen atoms in total. The van der Waals surface area contributed by atoms with Crippen molar-refractivity contribution >= 4 is 23.4 Å². The molecule has 2 N–H and O–H groups in total. The third kappa shape index (κ3) is 3.86. The van der Waals surface area contributed by atoms with Crippen LogP contribution in [0.25, 0.3) is 0 Å². The minimum atomic E-state index is 0.575. The Morgan fingerprint density at radius 3 is 2.69 bits per heavy atom. The highest BCUT2D eigenvalue weighted by Gasteiger charge is 2.06. The molecule has 0 amide bonds. The molecule has 0 spiro atoms. The Kier molecular flexibility index (Phi) is 4.56. The summed E-state index contributed by atoms with van der Waals surface area (Å²) in [5.41, 5.74) is 6.68.